The van der Waals surface area contributed by atoms with E-state index >= 15 is 0 Å². The van der Waals surface area contributed by atoms with E-state index in [1.807, 2.05) is 6.08 Å². The number of unbranched alkanes of at least 4 members (excludes halogenated alkanes) is 1. The number of aromatic hydroxyl groups is 3. The highest BCUT2D eigenvalue weighted by Crippen LogP contribution is 2.50. The number of benzene rings is 1. The molecule has 0 spiro atoms. The van der Waals surface area contributed by atoms with Crippen molar-refractivity contribution in [2.75, 3.05) is 0 Å². The Morgan fingerprint density at radius 1 is 1.21 bits per heavy atom. The van der Waals surface area contributed by atoms with Gasteiger partial charge in [0.15, 0.2) is 11.5 Å². The van der Waals surface area contributed by atoms with Gasteiger partial charge in [0.05, 0.1) is 0 Å². The standard InChI is InChI=1S/C21H30O3/c1-5-6-7-8-15-12-18(22)19(21(24)20(15)23)17-11-14(4)9-10-16(17)13(2)3/h7-8,11-13,16-17,22-24H,5-6,9-10H2,1-4H3/b8-7+/t16-,17+/m0/s1. The van der Waals surface area contributed by atoms with Crippen molar-refractivity contribution in [2.45, 2.75) is 59.3 Å². The molecular weight excluding hydrogens is 300 g/mol. The maximum atomic E-state index is 10.6. The minimum Gasteiger partial charge on any atom is -0.507 e. The second-order valence-corrected chi connectivity index (χ2v) is 7.27. The lowest BCUT2D eigenvalue weighted by Gasteiger charge is -2.33. The quantitative estimate of drug-likeness (QED) is 0.368. The lowest BCUT2D eigenvalue weighted by Crippen LogP contribution is -2.21. The van der Waals surface area contributed by atoms with Gasteiger partial charge in [-0.3, -0.25) is 0 Å². The SMILES string of the molecule is CCC/C=C/c1cc(O)c([C@@H]2C=C(C)CC[C@H]2C(C)C)c(O)c1O. The molecule has 0 unspecified atom stereocenters. The minimum atomic E-state index is -0.187. The molecule has 0 saturated carbocycles. The summed E-state index contributed by atoms with van der Waals surface area (Å²) in [6.07, 6.45) is 9.81. The highest BCUT2D eigenvalue weighted by molar-refractivity contribution is 5.68. The van der Waals surface area contributed by atoms with Gasteiger partial charge in [-0.15, -0.1) is 0 Å². The van der Waals surface area contributed by atoms with Crippen LogP contribution in [0.5, 0.6) is 17.2 Å². The van der Waals surface area contributed by atoms with Crippen molar-refractivity contribution in [3.05, 3.63) is 34.9 Å². The average molecular weight is 330 g/mol. The Balaban J connectivity index is 2.50. The number of phenolic OH excluding ortho intramolecular Hbond substituents is 3. The molecule has 3 N–H and O–H groups in total. The zero-order valence-electron chi connectivity index (χ0n) is 15.2. The van der Waals surface area contributed by atoms with Crippen molar-refractivity contribution in [1.29, 1.82) is 0 Å². The highest BCUT2D eigenvalue weighted by Gasteiger charge is 2.32. The average Bonchev–Trinajstić information content (AvgIpc) is 2.52. The van der Waals surface area contributed by atoms with E-state index in [0.29, 0.717) is 23.0 Å². The Bertz CT molecular complexity index is 641. The molecule has 0 heterocycles. The van der Waals surface area contributed by atoms with Crippen molar-refractivity contribution in [1.82, 2.24) is 0 Å². The number of allylic oxidation sites excluding steroid dienone is 3. The van der Waals surface area contributed by atoms with E-state index in [9.17, 15) is 15.3 Å². The molecule has 1 aromatic carbocycles. The van der Waals surface area contributed by atoms with Crippen LogP contribution in [-0.4, -0.2) is 15.3 Å². The molecule has 24 heavy (non-hydrogen) atoms. The van der Waals surface area contributed by atoms with Gasteiger partial charge in [0, 0.05) is 17.0 Å². The number of hydrogen-bond donors (Lipinski definition) is 3. The van der Waals surface area contributed by atoms with Crippen LogP contribution in [0.15, 0.2) is 23.8 Å². The molecule has 132 valence electrons. The molecule has 0 saturated heterocycles. The minimum absolute atomic E-state index is 0.0584. The first-order valence-electron chi connectivity index (χ1n) is 8.98. The zero-order valence-corrected chi connectivity index (χ0v) is 15.2. The summed E-state index contributed by atoms with van der Waals surface area (Å²) in [6.45, 7) is 8.50. The molecule has 0 aliphatic heterocycles. The Labute approximate surface area is 145 Å². The summed E-state index contributed by atoms with van der Waals surface area (Å²) in [5, 5.41) is 31.5. The predicted octanol–water partition coefficient (Wildman–Crippen LogP) is 5.71. The third-order valence-corrected chi connectivity index (χ3v) is 5.06. The first-order valence-corrected chi connectivity index (χ1v) is 8.98. The smallest absolute Gasteiger partial charge is 0.165 e. The van der Waals surface area contributed by atoms with Crippen LogP contribution in [0.3, 0.4) is 0 Å². The summed E-state index contributed by atoms with van der Waals surface area (Å²) in [5.74, 6) is 0.430. The first kappa shape index (κ1) is 18.4. The lowest BCUT2D eigenvalue weighted by atomic mass is 9.71. The van der Waals surface area contributed by atoms with Crippen LogP contribution in [0.4, 0.5) is 0 Å². The van der Waals surface area contributed by atoms with E-state index < -0.39 is 0 Å². The third kappa shape index (κ3) is 3.77. The van der Waals surface area contributed by atoms with Crippen molar-refractivity contribution < 1.29 is 15.3 Å². The molecule has 0 amide bonds. The highest BCUT2D eigenvalue weighted by atomic mass is 16.3. The molecule has 0 bridgehead atoms. The fourth-order valence-electron chi connectivity index (χ4n) is 3.64. The van der Waals surface area contributed by atoms with Crippen LogP contribution < -0.4 is 0 Å². The molecule has 0 aromatic heterocycles. The van der Waals surface area contributed by atoms with Crippen molar-refractivity contribution in [3.63, 3.8) is 0 Å². The summed E-state index contributed by atoms with van der Waals surface area (Å²) >= 11 is 0. The van der Waals surface area contributed by atoms with Crippen LogP contribution >= 0.6 is 0 Å². The summed E-state index contributed by atoms with van der Waals surface area (Å²) in [5.41, 5.74) is 2.18. The fraction of sp³-hybridized carbons (Fsp3) is 0.524. The normalized spacial score (nSPS) is 21.5. The lowest BCUT2D eigenvalue weighted by molar-refractivity contribution is 0.300. The summed E-state index contributed by atoms with van der Waals surface area (Å²) < 4.78 is 0. The van der Waals surface area contributed by atoms with Gasteiger partial charge in [-0.05, 0) is 44.1 Å². The topological polar surface area (TPSA) is 60.7 Å². The van der Waals surface area contributed by atoms with Crippen molar-refractivity contribution in [3.8, 4) is 17.2 Å². The van der Waals surface area contributed by atoms with Crippen molar-refractivity contribution in [2.24, 2.45) is 11.8 Å². The van der Waals surface area contributed by atoms with E-state index in [2.05, 4.69) is 33.8 Å². The van der Waals surface area contributed by atoms with E-state index in [4.69, 9.17) is 0 Å². The van der Waals surface area contributed by atoms with Crippen molar-refractivity contribution >= 4 is 6.08 Å². The van der Waals surface area contributed by atoms with Gasteiger partial charge in [0.1, 0.15) is 5.75 Å². The molecule has 2 atom stereocenters. The number of phenols is 3. The van der Waals surface area contributed by atoms with Gasteiger partial charge >= 0.3 is 0 Å². The van der Waals surface area contributed by atoms with Crippen LogP contribution in [0.1, 0.15) is 70.4 Å². The second-order valence-electron chi connectivity index (χ2n) is 7.27. The molecule has 3 heteroatoms. The van der Waals surface area contributed by atoms with E-state index in [0.717, 1.165) is 25.7 Å². The van der Waals surface area contributed by atoms with Crippen LogP contribution in [0, 0.1) is 11.8 Å². The second kappa shape index (κ2) is 7.78. The number of rotatable bonds is 5. The van der Waals surface area contributed by atoms with E-state index in [1.165, 1.54) is 5.57 Å². The first-order chi connectivity index (χ1) is 11.4. The molecule has 3 nitrogen and oxygen atoms in total. The van der Waals surface area contributed by atoms with E-state index in [1.54, 1.807) is 12.1 Å². The van der Waals surface area contributed by atoms with Crippen LogP contribution in [0.25, 0.3) is 6.08 Å². The van der Waals surface area contributed by atoms with Gasteiger partial charge in [-0.1, -0.05) is 51.0 Å². The third-order valence-electron chi connectivity index (χ3n) is 5.06. The largest absolute Gasteiger partial charge is 0.507 e. The Morgan fingerprint density at radius 3 is 2.54 bits per heavy atom. The molecule has 0 fully saturated rings. The van der Waals surface area contributed by atoms with Gasteiger partial charge < -0.3 is 15.3 Å². The van der Waals surface area contributed by atoms with Crippen LogP contribution in [0.2, 0.25) is 0 Å². The number of hydrogen-bond acceptors (Lipinski definition) is 3. The Morgan fingerprint density at radius 2 is 1.92 bits per heavy atom. The maximum absolute atomic E-state index is 10.6. The monoisotopic (exact) mass is 330 g/mol. The van der Waals surface area contributed by atoms with Gasteiger partial charge in [0.2, 0.25) is 0 Å². The molecule has 1 aliphatic rings. The molecule has 1 aliphatic carbocycles. The molecule has 2 rings (SSSR count). The molecule has 0 radical (unpaired) electrons. The molecular formula is C21H30O3. The Hall–Kier alpha value is -1.90. The summed E-state index contributed by atoms with van der Waals surface area (Å²) in [4.78, 5) is 0. The van der Waals surface area contributed by atoms with Gasteiger partial charge in [-0.2, -0.15) is 0 Å². The van der Waals surface area contributed by atoms with E-state index in [-0.39, 0.29) is 23.2 Å². The van der Waals surface area contributed by atoms with Gasteiger partial charge in [-0.25, -0.2) is 0 Å². The fourth-order valence-corrected chi connectivity index (χ4v) is 3.64. The summed E-state index contributed by atoms with van der Waals surface area (Å²) in [7, 11) is 0. The summed E-state index contributed by atoms with van der Waals surface area (Å²) in [6, 6.07) is 1.56. The van der Waals surface area contributed by atoms with Crippen LogP contribution in [-0.2, 0) is 0 Å². The maximum Gasteiger partial charge on any atom is 0.165 e. The van der Waals surface area contributed by atoms with Gasteiger partial charge in [0.25, 0.3) is 0 Å². The predicted molar refractivity (Wildman–Crippen MR) is 99.4 cm³/mol. The Kier molecular flexibility index (Phi) is 5.98. The zero-order chi connectivity index (χ0) is 17.9. The molecule has 1 aromatic rings.